The fourth-order valence-corrected chi connectivity index (χ4v) is 3.69. The van der Waals surface area contributed by atoms with Crippen LogP contribution >= 0.6 is 48.6 Å². The molecule has 0 aliphatic carbocycles. The second-order valence-electron chi connectivity index (χ2n) is 6.39. The Morgan fingerprint density at radius 1 is 1.18 bits per heavy atom. The van der Waals surface area contributed by atoms with Gasteiger partial charge in [0.25, 0.3) is 0 Å². The summed E-state index contributed by atoms with van der Waals surface area (Å²) in [6, 6.07) is 6.41. The first-order valence-corrected chi connectivity index (χ1v) is 9.36. The zero-order chi connectivity index (χ0) is 17.8. The highest BCUT2D eigenvalue weighted by molar-refractivity contribution is 7.13. The van der Waals surface area contributed by atoms with E-state index in [-0.39, 0.29) is 54.9 Å². The van der Waals surface area contributed by atoms with Crippen molar-refractivity contribution in [1.82, 2.24) is 14.8 Å². The maximum absolute atomic E-state index is 13.0. The molecule has 2 N–H and O–H groups in total. The molecule has 1 aliphatic rings. The van der Waals surface area contributed by atoms with Crippen LogP contribution in [-0.2, 0) is 11.3 Å². The molecule has 1 fully saturated rings. The number of halogens is 4. The molecule has 2 aromatic rings. The summed E-state index contributed by atoms with van der Waals surface area (Å²) in [4.78, 5) is 21.0. The molecule has 2 heterocycles. The molecule has 28 heavy (non-hydrogen) atoms. The van der Waals surface area contributed by atoms with E-state index in [1.165, 1.54) is 12.1 Å². The van der Waals surface area contributed by atoms with Crippen LogP contribution in [0.1, 0.15) is 12.6 Å². The van der Waals surface area contributed by atoms with Crippen LogP contribution in [0.5, 0.6) is 0 Å². The smallest absolute Gasteiger partial charge is 0.226 e. The highest BCUT2D eigenvalue weighted by Crippen LogP contribution is 2.24. The van der Waals surface area contributed by atoms with E-state index in [2.05, 4.69) is 9.88 Å². The van der Waals surface area contributed by atoms with E-state index >= 15 is 0 Å². The molecule has 5 nitrogen and oxygen atoms in total. The lowest BCUT2D eigenvalue weighted by atomic mass is 10.1. The molecule has 1 unspecified atom stereocenters. The van der Waals surface area contributed by atoms with E-state index in [1.54, 1.807) is 23.5 Å². The van der Waals surface area contributed by atoms with Gasteiger partial charge in [0, 0.05) is 56.1 Å². The van der Waals surface area contributed by atoms with Crippen LogP contribution in [0.3, 0.4) is 0 Å². The van der Waals surface area contributed by atoms with Crippen LogP contribution in [0.25, 0.3) is 10.6 Å². The highest BCUT2D eigenvalue weighted by atomic mass is 35.5. The Labute approximate surface area is 187 Å². The fraction of sp³-hybridized carbons (Fsp3) is 0.444. The topological polar surface area (TPSA) is 62.5 Å². The predicted octanol–water partition coefficient (Wildman–Crippen LogP) is 3.45. The number of hydrogen-bond acceptors (Lipinski definition) is 5. The molecule has 1 atom stereocenters. The number of benzene rings is 1. The third-order valence-corrected chi connectivity index (χ3v) is 5.43. The SMILES string of the molecule is CC(CN)C(=O)N1CCN(Cc2csc(-c3ccc(F)cc3)n2)CC1.Cl.Cl.Cl. The molecule has 3 rings (SSSR count). The maximum Gasteiger partial charge on any atom is 0.226 e. The second-order valence-corrected chi connectivity index (χ2v) is 7.25. The summed E-state index contributed by atoms with van der Waals surface area (Å²) in [6.45, 7) is 6.19. The van der Waals surface area contributed by atoms with Crippen molar-refractivity contribution in [1.29, 1.82) is 0 Å². The van der Waals surface area contributed by atoms with Gasteiger partial charge >= 0.3 is 0 Å². The van der Waals surface area contributed by atoms with Crippen LogP contribution in [0, 0.1) is 11.7 Å². The molecule has 1 saturated heterocycles. The number of nitrogens with zero attached hydrogens (tertiary/aromatic N) is 3. The van der Waals surface area contributed by atoms with Crippen molar-refractivity contribution in [3.05, 3.63) is 41.2 Å². The van der Waals surface area contributed by atoms with Crippen LogP contribution in [0.2, 0.25) is 0 Å². The van der Waals surface area contributed by atoms with Gasteiger partial charge in [-0.1, -0.05) is 6.92 Å². The first-order valence-electron chi connectivity index (χ1n) is 8.48. The van der Waals surface area contributed by atoms with Gasteiger partial charge in [-0.15, -0.1) is 48.6 Å². The normalized spacial score (nSPS) is 15.0. The van der Waals surface area contributed by atoms with Crippen molar-refractivity contribution in [2.75, 3.05) is 32.7 Å². The third-order valence-electron chi connectivity index (χ3n) is 4.49. The third kappa shape index (κ3) is 6.83. The van der Waals surface area contributed by atoms with E-state index < -0.39 is 0 Å². The minimum Gasteiger partial charge on any atom is -0.340 e. The van der Waals surface area contributed by atoms with Gasteiger partial charge in [-0.05, 0) is 24.3 Å². The molecule has 0 radical (unpaired) electrons. The van der Waals surface area contributed by atoms with Crippen LogP contribution in [0.15, 0.2) is 29.6 Å². The monoisotopic (exact) mass is 470 g/mol. The van der Waals surface area contributed by atoms with Gasteiger partial charge in [-0.25, -0.2) is 9.37 Å². The molecular weight excluding hydrogens is 446 g/mol. The summed E-state index contributed by atoms with van der Waals surface area (Å²) >= 11 is 1.57. The van der Waals surface area contributed by atoms with Gasteiger partial charge in [-0.3, -0.25) is 9.69 Å². The lowest BCUT2D eigenvalue weighted by Gasteiger charge is -2.35. The number of carbonyl (C=O) groups is 1. The number of piperazine rings is 1. The van der Waals surface area contributed by atoms with Crippen LogP contribution in [0.4, 0.5) is 4.39 Å². The van der Waals surface area contributed by atoms with Crippen molar-refractivity contribution in [2.24, 2.45) is 11.7 Å². The van der Waals surface area contributed by atoms with Crippen LogP contribution < -0.4 is 5.73 Å². The van der Waals surface area contributed by atoms with E-state index in [9.17, 15) is 9.18 Å². The van der Waals surface area contributed by atoms with Gasteiger partial charge in [0.05, 0.1) is 5.69 Å². The largest absolute Gasteiger partial charge is 0.340 e. The van der Waals surface area contributed by atoms with Gasteiger partial charge in [0.2, 0.25) is 5.91 Å². The number of aromatic nitrogens is 1. The maximum atomic E-state index is 13.0. The Morgan fingerprint density at radius 2 is 1.79 bits per heavy atom. The summed E-state index contributed by atoms with van der Waals surface area (Å²) in [6.07, 6.45) is 0. The number of carbonyl (C=O) groups excluding carboxylic acids is 1. The Hall–Kier alpha value is -0.960. The lowest BCUT2D eigenvalue weighted by Crippen LogP contribution is -2.50. The Kier molecular flexibility index (Phi) is 12.1. The number of amides is 1. The minimum absolute atomic E-state index is 0. The van der Waals surface area contributed by atoms with Gasteiger partial charge in [-0.2, -0.15) is 0 Å². The number of nitrogens with two attached hydrogens (primary N) is 1. The minimum atomic E-state index is -0.239. The quantitative estimate of drug-likeness (QED) is 0.725. The Morgan fingerprint density at radius 3 is 2.36 bits per heavy atom. The van der Waals surface area contributed by atoms with Crippen molar-refractivity contribution < 1.29 is 9.18 Å². The fourth-order valence-electron chi connectivity index (χ4n) is 2.87. The highest BCUT2D eigenvalue weighted by Gasteiger charge is 2.24. The molecule has 0 saturated carbocycles. The summed E-state index contributed by atoms with van der Waals surface area (Å²) in [5.41, 5.74) is 7.53. The summed E-state index contributed by atoms with van der Waals surface area (Å²) in [7, 11) is 0. The zero-order valence-corrected chi connectivity index (χ0v) is 18.8. The first-order chi connectivity index (χ1) is 12.1. The molecule has 0 spiro atoms. The second kappa shape index (κ2) is 12.6. The van der Waals surface area contributed by atoms with Crippen LogP contribution in [-0.4, -0.2) is 53.4 Å². The molecule has 1 aliphatic heterocycles. The Bertz CT molecular complexity index is 724. The van der Waals surface area contributed by atoms with E-state index in [0.717, 1.165) is 49.0 Å². The van der Waals surface area contributed by atoms with Gasteiger partial charge in [0.15, 0.2) is 0 Å². The number of thiazole rings is 1. The predicted molar refractivity (Wildman–Crippen MR) is 119 cm³/mol. The summed E-state index contributed by atoms with van der Waals surface area (Å²) < 4.78 is 13.0. The molecule has 0 bridgehead atoms. The average molecular weight is 472 g/mol. The van der Waals surface area contributed by atoms with E-state index in [1.807, 2.05) is 17.2 Å². The average Bonchev–Trinajstić information content (AvgIpc) is 3.10. The Balaban J connectivity index is 0.00000243. The zero-order valence-electron chi connectivity index (χ0n) is 15.5. The van der Waals surface area contributed by atoms with Gasteiger partial charge in [0.1, 0.15) is 10.8 Å². The molecule has 158 valence electrons. The standard InChI is InChI=1S/C18H23FN4OS.3ClH/c1-13(10-20)18(24)23-8-6-22(7-9-23)11-16-12-25-17(21-16)14-2-4-15(19)5-3-14;;;/h2-5,12-13H,6-11,20H2,1H3;3*1H. The number of rotatable bonds is 5. The van der Waals surface area contributed by atoms with Crippen molar-refractivity contribution in [3.8, 4) is 10.6 Å². The molecule has 10 heteroatoms. The first kappa shape index (κ1) is 27.0. The molecular formula is C18H26Cl3FN4OS. The van der Waals surface area contributed by atoms with Crippen molar-refractivity contribution in [3.63, 3.8) is 0 Å². The number of hydrogen-bond donors (Lipinski definition) is 1. The molecule has 1 aromatic heterocycles. The molecule has 1 amide bonds. The van der Waals surface area contributed by atoms with Gasteiger partial charge < -0.3 is 10.6 Å². The lowest BCUT2D eigenvalue weighted by molar-refractivity contribution is -0.136. The van der Waals surface area contributed by atoms with Crippen molar-refractivity contribution >= 4 is 54.5 Å². The van der Waals surface area contributed by atoms with E-state index in [0.29, 0.717) is 6.54 Å². The summed E-state index contributed by atoms with van der Waals surface area (Å²) in [5, 5.41) is 2.95. The van der Waals surface area contributed by atoms with Crippen molar-refractivity contribution in [2.45, 2.75) is 13.5 Å². The summed E-state index contributed by atoms with van der Waals surface area (Å²) in [5.74, 6) is -0.199. The van der Waals surface area contributed by atoms with E-state index in [4.69, 9.17) is 5.73 Å². The molecule has 1 aromatic carbocycles.